The van der Waals surface area contributed by atoms with Crippen LogP contribution in [0.25, 0.3) is 0 Å². The van der Waals surface area contributed by atoms with Gasteiger partial charge >= 0.3 is 6.18 Å². The van der Waals surface area contributed by atoms with E-state index in [2.05, 4.69) is 4.74 Å². The van der Waals surface area contributed by atoms with E-state index in [4.69, 9.17) is 5.11 Å². The molecule has 2 nitrogen and oxygen atoms in total. The summed E-state index contributed by atoms with van der Waals surface area (Å²) in [5.41, 5.74) is -1.09. The van der Waals surface area contributed by atoms with Crippen LogP contribution in [0.3, 0.4) is 0 Å². The molecule has 72 valence electrons. The molecule has 0 aliphatic carbocycles. The molecule has 0 bridgehead atoms. The quantitative estimate of drug-likeness (QED) is 0.740. The van der Waals surface area contributed by atoms with E-state index in [0.717, 1.165) is 6.07 Å². The van der Waals surface area contributed by atoms with E-state index in [9.17, 15) is 13.2 Å². The number of benzene rings is 1. The fourth-order valence-electron chi connectivity index (χ4n) is 0.916. The van der Waals surface area contributed by atoms with Gasteiger partial charge in [0, 0.05) is 0 Å². The predicted octanol–water partition coefficient (Wildman–Crippen LogP) is 2.42. The average Bonchev–Trinajstić information content (AvgIpc) is 2.02. The van der Waals surface area contributed by atoms with E-state index >= 15 is 0 Å². The maximum Gasteiger partial charge on any atom is 0.420 e. The second-order valence-electron chi connectivity index (χ2n) is 2.35. The minimum absolute atomic E-state index is 0.185. The summed E-state index contributed by atoms with van der Waals surface area (Å²) in [5.74, 6) is -1.06. The van der Waals surface area contributed by atoms with Gasteiger partial charge in [-0.15, -0.1) is 0 Å². The number of phenolic OH excluding ortho intramolecular Hbond substituents is 1. The summed E-state index contributed by atoms with van der Waals surface area (Å²) >= 11 is 0. The Bertz CT molecular complexity index is 307. The van der Waals surface area contributed by atoms with Crippen LogP contribution in [0.15, 0.2) is 18.2 Å². The molecule has 0 saturated carbocycles. The molecule has 13 heavy (non-hydrogen) atoms. The number of alkyl halides is 3. The number of hydrogen-bond donors (Lipinski definition) is 1. The van der Waals surface area contributed by atoms with Gasteiger partial charge in [0.1, 0.15) is 5.56 Å². The van der Waals surface area contributed by atoms with Crippen molar-refractivity contribution in [3.8, 4) is 11.5 Å². The number of ether oxygens (including phenoxy) is 1. The first kappa shape index (κ1) is 9.70. The molecule has 0 saturated heterocycles. The zero-order valence-electron chi connectivity index (χ0n) is 6.72. The minimum atomic E-state index is -4.56. The molecular weight excluding hydrogens is 185 g/mol. The van der Waals surface area contributed by atoms with Gasteiger partial charge in [-0.2, -0.15) is 13.2 Å². The van der Waals surface area contributed by atoms with Gasteiger partial charge in [-0.05, 0) is 12.1 Å². The lowest BCUT2D eigenvalue weighted by Gasteiger charge is -2.10. The Balaban J connectivity index is 3.24. The topological polar surface area (TPSA) is 29.5 Å². The maximum atomic E-state index is 12.1. The Morgan fingerprint density at radius 3 is 2.38 bits per heavy atom. The second kappa shape index (κ2) is 3.16. The largest absolute Gasteiger partial charge is 0.504 e. The summed E-state index contributed by atoms with van der Waals surface area (Å²) in [7, 11) is 1.19. The second-order valence-corrected chi connectivity index (χ2v) is 2.35. The first-order valence-corrected chi connectivity index (χ1v) is 3.40. The van der Waals surface area contributed by atoms with Crippen molar-refractivity contribution in [3.05, 3.63) is 23.8 Å². The van der Waals surface area contributed by atoms with Crippen LogP contribution in [0.4, 0.5) is 13.2 Å². The lowest BCUT2D eigenvalue weighted by molar-refractivity contribution is -0.138. The number of rotatable bonds is 1. The standard InChI is InChI=1S/C8H7F3O2/c1-13-6-4-2-3-5(7(6)12)8(9,10)11/h2-4,12H,1H3. The summed E-state index contributed by atoms with van der Waals surface area (Å²) in [6.07, 6.45) is -4.56. The van der Waals surface area contributed by atoms with Gasteiger partial charge in [0.25, 0.3) is 0 Å². The summed E-state index contributed by atoms with van der Waals surface area (Å²) in [4.78, 5) is 0. The molecule has 1 N–H and O–H groups in total. The van der Waals surface area contributed by atoms with Gasteiger partial charge in [0.15, 0.2) is 11.5 Å². The van der Waals surface area contributed by atoms with Gasteiger partial charge in [-0.1, -0.05) is 6.07 Å². The highest BCUT2D eigenvalue weighted by atomic mass is 19.4. The first-order chi connectivity index (χ1) is 5.96. The molecule has 1 aromatic carbocycles. The molecule has 0 unspecified atom stereocenters. The molecule has 1 aromatic rings. The number of aromatic hydroxyl groups is 1. The Kier molecular flexibility index (Phi) is 2.36. The molecule has 0 amide bonds. The molecule has 0 radical (unpaired) electrons. The van der Waals surface area contributed by atoms with Gasteiger partial charge < -0.3 is 9.84 Å². The van der Waals surface area contributed by atoms with Crippen molar-refractivity contribution in [1.29, 1.82) is 0 Å². The third kappa shape index (κ3) is 1.85. The number of para-hydroxylation sites is 1. The van der Waals surface area contributed by atoms with E-state index < -0.39 is 17.5 Å². The van der Waals surface area contributed by atoms with Gasteiger partial charge in [-0.25, -0.2) is 0 Å². The molecule has 0 aliphatic heterocycles. The molecule has 0 spiro atoms. The molecule has 0 aromatic heterocycles. The lowest BCUT2D eigenvalue weighted by Crippen LogP contribution is -2.05. The van der Waals surface area contributed by atoms with Gasteiger partial charge in [-0.3, -0.25) is 0 Å². The summed E-state index contributed by atoms with van der Waals surface area (Å²) in [6.45, 7) is 0. The van der Waals surface area contributed by atoms with Crippen molar-refractivity contribution < 1.29 is 23.0 Å². The van der Waals surface area contributed by atoms with Gasteiger partial charge in [0.05, 0.1) is 7.11 Å². The zero-order valence-corrected chi connectivity index (χ0v) is 6.72. The predicted molar refractivity (Wildman–Crippen MR) is 39.7 cm³/mol. The van der Waals surface area contributed by atoms with Crippen LogP contribution in [0.2, 0.25) is 0 Å². The molecule has 0 atom stereocenters. The minimum Gasteiger partial charge on any atom is -0.504 e. The maximum absolute atomic E-state index is 12.1. The third-order valence-electron chi connectivity index (χ3n) is 1.52. The Labute approximate surface area is 72.6 Å². The van der Waals surface area contributed by atoms with Gasteiger partial charge in [0.2, 0.25) is 0 Å². The molecule has 0 aliphatic rings. The Morgan fingerprint density at radius 2 is 1.92 bits per heavy atom. The normalized spacial score (nSPS) is 11.4. The van der Waals surface area contributed by atoms with E-state index in [0.29, 0.717) is 0 Å². The summed E-state index contributed by atoms with van der Waals surface area (Å²) in [6, 6.07) is 3.21. The number of phenols is 1. The molecule has 1 rings (SSSR count). The molecule has 0 fully saturated rings. The number of halogens is 3. The third-order valence-corrected chi connectivity index (χ3v) is 1.52. The average molecular weight is 192 g/mol. The van der Waals surface area contributed by atoms with Crippen molar-refractivity contribution in [3.63, 3.8) is 0 Å². The highest BCUT2D eigenvalue weighted by Gasteiger charge is 2.34. The molecular formula is C8H7F3O2. The van der Waals surface area contributed by atoms with Crippen molar-refractivity contribution in [2.45, 2.75) is 6.18 Å². The smallest absolute Gasteiger partial charge is 0.420 e. The Morgan fingerprint density at radius 1 is 1.31 bits per heavy atom. The van der Waals surface area contributed by atoms with Crippen LogP contribution >= 0.6 is 0 Å². The van der Waals surface area contributed by atoms with Crippen molar-refractivity contribution in [2.24, 2.45) is 0 Å². The van der Waals surface area contributed by atoms with Crippen LogP contribution in [-0.4, -0.2) is 12.2 Å². The SMILES string of the molecule is COc1cccc(C(F)(F)F)c1O. The Hall–Kier alpha value is -1.39. The molecule has 5 heteroatoms. The van der Waals surface area contributed by atoms with Crippen LogP contribution < -0.4 is 4.74 Å². The lowest BCUT2D eigenvalue weighted by atomic mass is 10.2. The summed E-state index contributed by atoms with van der Waals surface area (Å²) in [5, 5.41) is 9.08. The van der Waals surface area contributed by atoms with E-state index in [1.807, 2.05) is 0 Å². The monoisotopic (exact) mass is 192 g/mol. The van der Waals surface area contributed by atoms with Crippen molar-refractivity contribution in [2.75, 3.05) is 7.11 Å². The van der Waals surface area contributed by atoms with Crippen molar-refractivity contribution in [1.82, 2.24) is 0 Å². The molecule has 0 heterocycles. The highest BCUT2D eigenvalue weighted by molar-refractivity contribution is 5.46. The van der Waals surface area contributed by atoms with E-state index in [1.165, 1.54) is 19.2 Å². The van der Waals surface area contributed by atoms with E-state index in [-0.39, 0.29) is 5.75 Å². The van der Waals surface area contributed by atoms with Crippen LogP contribution in [0, 0.1) is 0 Å². The zero-order chi connectivity index (χ0) is 10.1. The van der Waals surface area contributed by atoms with Crippen LogP contribution in [0.1, 0.15) is 5.56 Å². The fraction of sp³-hybridized carbons (Fsp3) is 0.250. The van der Waals surface area contributed by atoms with Crippen LogP contribution in [0.5, 0.6) is 11.5 Å². The number of methoxy groups -OCH3 is 1. The fourth-order valence-corrected chi connectivity index (χ4v) is 0.916. The summed E-state index contributed by atoms with van der Waals surface area (Å²) < 4.78 is 41.0. The van der Waals surface area contributed by atoms with E-state index in [1.54, 1.807) is 0 Å². The number of hydrogen-bond acceptors (Lipinski definition) is 2. The first-order valence-electron chi connectivity index (χ1n) is 3.40. The van der Waals surface area contributed by atoms with Crippen molar-refractivity contribution >= 4 is 0 Å². The van der Waals surface area contributed by atoms with Crippen LogP contribution in [-0.2, 0) is 6.18 Å². The highest BCUT2D eigenvalue weighted by Crippen LogP contribution is 2.40.